The molecule has 0 fully saturated rings. The molecule has 0 aliphatic carbocycles. The molecule has 0 aliphatic heterocycles. The lowest BCUT2D eigenvalue weighted by molar-refractivity contribution is 0.102. The first-order chi connectivity index (χ1) is 10.7. The zero-order valence-corrected chi connectivity index (χ0v) is 13.9. The van der Waals surface area contributed by atoms with E-state index in [1.165, 1.54) is 0 Å². The summed E-state index contributed by atoms with van der Waals surface area (Å²) in [5.74, 6) is -0.237. The van der Waals surface area contributed by atoms with Gasteiger partial charge in [-0.3, -0.25) is 9.78 Å². The number of hydrogen-bond donors (Lipinski definition) is 2. The summed E-state index contributed by atoms with van der Waals surface area (Å²) in [6.45, 7) is 1.48. The van der Waals surface area contributed by atoms with Crippen molar-refractivity contribution in [2.45, 2.75) is 6.42 Å². The number of carbonyl (C=O) groups excluding carboxylic acids is 1. The number of hydrogen-bond acceptors (Lipinski definition) is 4. The van der Waals surface area contributed by atoms with Crippen LogP contribution < -0.4 is 10.6 Å². The summed E-state index contributed by atoms with van der Waals surface area (Å²) in [5, 5.41) is 6.06. The number of carbonyl (C=O) groups is 1. The maximum atomic E-state index is 12.2. The molecule has 0 spiro atoms. The molecular formula is C16H18BrN3O2. The highest BCUT2D eigenvalue weighted by atomic mass is 79.9. The first-order valence-electron chi connectivity index (χ1n) is 6.95. The van der Waals surface area contributed by atoms with Gasteiger partial charge in [0.05, 0.1) is 0 Å². The van der Waals surface area contributed by atoms with Crippen molar-refractivity contribution in [3.05, 3.63) is 52.8 Å². The smallest absolute Gasteiger partial charge is 0.274 e. The molecule has 2 rings (SSSR count). The van der Waals surface area contributed by atoms with Crippen molar-refractivity contribution in [2.24, 2.45) is 0 Å². The standard InChI is InChI=1S/C16H18BrN3O2/c1-22-9-3-7-18-13-6-8-19-15(11-13)16(21)20-14-5-2-4-12(17)10-14/h2,4-6,8,10-11H,3,7,9H2,1H3,(H,18,19)(H,20,21). The van der Waals surface area contributed by atoms with Crippen LogP contribution in [0.4, 0.5) is 11.4 Å². The Morgan fingerprint density at radius 2 is 2.14 bits per heavy atom. The molecule has 6 heteroatoms. The highest BCUT2D eigenvalue weighted by Crippen LogP contribution is 2.17. The van der Waals surface area contributed by atoms with Crippen LogP contribution in [0.5, 0.6) is 0 Å². The number of nitrogens with one attached hydrogen (secondary N) is 2. The first kappa shape index (κ1) is 16.5. The lowest BCUT2D eigenvalue weighted by Crippen LogP contribution is -2.14. The van der Waals surface area contributed by atoms with E-state index in [2.05, 4.69) is 31.5 Å². The summed E-state index contributed by atoms with van der Waals surface area (Å²) in [6.07, 6.45) is 2.52. The zero-order valence-electron chi connectivity index (χ0n) is 12.3. The number of amides is 1. The number of methoxy groups -OCH3 is 1. The van der Waals surface area contributed by atoms with Gasteiger partial charge in [-0.15, -0.1) is 0 Å². The molecule has 1 amide bonds. The minimum atomic E-state index is -0.237. The molecule has 0 aliphatic rings. The molecular weight excluding hydrogens is 346 g/mol. The molecule has 0 saturated heterocycles. The molecule has 2 N–H and O–H groups in total. The summed E-state index contributed by atoms with van der Waals surface area (Å²) in [6, 6.07) is 11.0. The van der Waals surface area contributed by atoms with E-state index in [4.69, 9.17) is 4.74 Å². The summed E-state index contributed by atoms with van der Waals surface area (Å²) in [4.78, 5) is 16.3. The monoisotopic (exact) mass is 363 g/mol. The average Bonchev–Trinajstić information content (AvgIpc) is 2.52. The van der Waals surface area contributed by atoms with Gasteiger partial charge in [0.25, 0.3) is 5.91 Å². The van der Waals surface area contributed by atoms with Crippen LogP contribution in [-0.4, -0.2) is 31.2 Å². The Balaban J connectivity index is 1.97. The predicted molar refractivity (Wildman–Crippen MR) is 91.3 cm³/mol. The topological polar surface area (TPSA) is 63.2 Å². The van der Waals surface area contributed by atoms with Crippen LogP contribution in [0.25, 0.3) is 0 Å². The van der Waals surface area contributed by atoms with Gasteiger partial charge in [0.1, 0.15) is 5.69 Å². The van der Waals surface area contributed by atoms with Crippen LogP contribution in [-0.2, 0) is 4.74 Å². The van der Waals surface area contributed by atoms with Crippen molar-refractivity contribution >= 4 is 33.2 Å². The maximum absolute atomic E-state index is 12.2. The second-order valence-corrected chi connectivity index (χ2v) is 5.58. The van der Waals surface area contributed by atoms with Gasteiger partial charge in [-0.05, 0) is 36.8 Å². The molecule has 22 heavy (non-hydrogen) atoms. The number of halogens is 1. The Hall–Kier alpha value is -1.92. The number of anilines is 2. The second kappa shape index (κ2) is 8.51. The van der Waals surface area contributed by atoms with Gasteiger partial charge in [0.2, 0.25) is 0 Å². The van der Waals surface area contributed by atoms with E-state index in [1.807, 2.05) is 30.3 Å². The van der Waals surface area contributed by atoms with Crippen molar-refractivity contribution in [3.63, 3.8) is 0 Å². The van der Waals surface area contributed by atoms with Crippen molar-refractivity contribution in [3.8, 4) is 0 Å². The van der Waals surface area contributed by atoms with E-state index in [0.717, 1.165) is 28.8 Å². The highest BCUT2D eigenvalue weighted by molar-refractivity contribution is 9.10. The van der Waals surface area contributed by atoms with Crippen LogP contribution in [0.15, 0.2) is 47.1 Å². The Kier molecular flexibility index (Phi) is 6.36. The van der Waals surface area contributed by atoms with E-state index >= 15 is 0 Å². The number of aromatic nitrogens is 1. The third kappa shape index (κ3) is 5.13. The summed E-state index contributed by atoms with van der Waals surface area (Å²) < 4.78 is 5.91. The Labute approximate surface area is 138 Å². The van der Waals surface area contributed by atoms with Crippen LogP contribution in [0.2, 0.25) is 0 Å². The van der Waals surface area contributed by atoms with E-state index < -0.39 is 0 Å². The molecule has 0 atom stereocenters. The third-order valence-corrected chi connectivity index (χ3v) is 3.42. The molecule has 0 bridgehead atoms. The summed E-state index contributed by atoms with van der Waals surface area (Å²) in [5.41, 5.74) is 1.96. The summed E-state index contributed by atoms with van der Waals surface area (Å²) >= 11 is 3.37. The third-order valence-electron chi connectivity index (χ3n) is 2.93. The van der Waals surface area contributed by atoms with E-state index in [0.29, 0.717) is 12.3 Å². The molecule has 1 aromatic heterocycles. The molecule has 1 aromatic carbocycles. The van der Waals surface area contributed by atoms with Gasteiger partial charge in [0.15, 0.2) is 0 Å². The van der Waals surface area contributed by atoms with Gasteiger partial charge in [-0.25, -0.2) is 0 Å². The number of pyridine rings is 1. The van der Waals surface area contributed by atoms with Crippen molar-refractivity contribution in [2.75, 3.05) is 30.9 Å². The zero-order chi connectivity index (χ0) is 15.8. The van der Waals surface area contributed by atoms with Gasteiger partial charge >= 0.3 is 0 Å². The fraction of sp³-hybridized carbons (Fsp3) is 0.250. The van der Waals surface area contributed by atoms with Crippen LogP contribution in [0.3, 0.4) is 0 Å². The molecule has 0 radical (unpaired) electrons. The fourth-order valence-electron chi connectivity index (χ4n) is 1.88. The second-order valence-electron chi connectivity index (χ2n) is 4.67. The number of ether oxygens (including phenoxy) is 1. The predicted octanol–water partition coefficient (Wildman–Crippen LogP) is 3.54. The van der Waals surface area contributed by atoms with Gasteiger partial charge in [-0.1, -0.05) is 22.0 Å². The van der Waals surface area contributed by atoms with Crippen LogP contribution in [0.1, 0.15) is 16.9 Å². The maximum Gasteiger partial charge on any atom is 0.274 e. The summed E-state index contributed by atoms with van der Waals surface area (Å²) in [7, 11) is 1.68. The van der Waals surface area contributed by atoms with E-state index in [1.54, 1.807) is 19.4 Å². The SMILES string of the molecule is COCCCNc1ccnc(C(=O)Nc2cccc(Br)c2)c1. The van der Waals surface area contributed by atoms with Crippen LogP contribution in [0, 0.1) is 0 Å². The fourth-order valence-corrected chi connectivity index (χ4v) is 2.27. The van der Waals surface area contributed by atoms with Crippen LogP contribution >= 0.6 is 15.9 Å². The largest absolute Gasteiger partial charge is 0.385 e. The van der Waals surface area contributed by atoms with Gasteiger partial charge in [-0.2, -0.15) is 0 Å². The van der Waals surface area contributed by atoms with Crippen molar-refractivity contribution < 1.29 is 9.53 Å². The number of rotatable bonds is 7. The molecule has 116 valence electrons. The average molecular weight is 364 g/mol. The molecule has 2 aromatic rings. The minimum Gasteiger partial charge on any atom is -0.385 e. The number of benzene rings is 1. The van der Waals surface area contributed by atoms with E-state index in [9.17, 15) is 4.79 Å². The Morgan fingerprint density at radius 1 is 1.27 bits per heavy atom. The van der Waals surface area contributed by atoms with Gasteiger partial charge in [0, 0.05) is 42.3 Å². The first-order valence-corrected chi connectivity index (χ1v) is 7.74. The molecule has 0 unspecified atom stereocenters. The highest BCUT2D eigenvalue weighted by Gasteiger charge is 2.08. The van der Waals surface area contributed by atoms with Crippen molar-refractivity contribution in [1.29, 1.82) is 0 Å². The van der Waals surface area contributed by atoms with E-state index in [-0.39, 0.29) is 5.91 Å². The van der Waals surface area contributed by atoms with Gasteiger partial charge < -0.3 is 15.4 Å². The number of nitrogens with zero attached hydrogens (tertiary/aromatic N) is 1. The quantitative estimate of drug-likeness (QED) is 0.738. The lowest BCUT2D eigenvalue weighted by Gasteiger charge is -2.08. The minimum absolute atomic E-state index is 0.237. The lowest BCUT2D eigenvalue weighted by atomic mass is 10.2. The molecule has 5 nitrogen and oxygen atoms in total. The normalized spacial score (nSPS) is 10.3. The Bertz CT molecular complexity index is 634. The molecule has 1 heterocycles. The van der Waals surface area contributed by atoms with Crippen molar-refractivity contribution in [1.82, 2.24) is 4.98 Å². The Morgan fingerprint density at radius 3 is 2.91 bits per heavy atom. The molecule has 0 saturated carbocycles.